The maximum Gasteiger partial charge on any atom is 0.414 e. The molecule has 1 aliphatic carbocycles. The number of likely N-dealkylation sites (tertiary alicyclic amines) is 1. The van der Waals surface area contributed by atoms with Crippen molar-refractivity contribution in [2.45, 2.75) is 32.4 Å². The topological polar surface area (TPSA) is 130 Å². The van der Waals surface area contributed by atoms with Gasteiger partial charge in [0.1, 0.15) is 5.60 Å². The molecule has 1 amide bonds. The molecule has 1 unspecified atom stereocenters. The first-order valence-electron chi connectivity index (χ1n) is 6.22. The molecular formula is C12H20N2O6. The van der Waals surface area contributed by atoms with E-state index < -0.39 is 17.5 Å². The van der Waals surface area contributed by atoms with Gasteiger partial charge in [-0.3, -0.25) is 0 Å². The molecule has 1 saturated carbocycles. The number of nitrogens with zero attached hydrogens (tertiary/aromatic N) is 1. The zero-order valence-electron chi connectivity index (χ0n) is 11.7. The third-order valence-corrected chi connectivity index (χ3v) is 3.09. The maximum atomic E-state index is 11.6. The molecule has 2 aliphatic rings. The molecule has 8 nitrogen and oxygen atoms in total. The van der Waals surface area contributed by atoms with Gasteiger partial charge < -0.3 is 25.6 Å². The molecule has 8 heteroatoms. The summed E-state index contributed by atoms with van der Waals surface area (Å²) in [5.74, 6) is -2.59. The summed E-state index contributed by atoms with van der Waals surface area (Å²) in [7, 11) is 0. The van der Waals surface area contributed by atoms with Gasteiger partial charge in [0.05, 0.1) is 0 Å². The minimum atomic E-state index is -1.82. The number of ether oxygens (including phenoxy) is 1. The predicted molar refractivity (Wildman–Crippen MR) is 68.0 cm³/mol. The Balaban J connectivity index is 0.000000286. The molecule has 0 spiro atoms. The van der Waals surface area contributed by atoms with Crippen LogP contribution in [0.15, 0.2) is 0 Å². The predicted octanol–water partition coefficient (Wildman–Crippen LogP) is -0.0340. The highest BCUT2D eigenvalue weighted by molar-refractivity contribution is 6.27. The van der Waals surface area contributed by atoms with Gasteiger partial charge in [0.25, 0.3) is 0 Å². The molecule has 0 radical (unpaired) electrons. The third-order valence-electron chi connectivity index (χ3n) is 3.09. The van der Waals surface area contributed by atoms with Gasteiger partial charge in [-0.05, 0) is 32.6 Å². The Bertz CT molecular complexity index is 393. The fraction of sp³-hybridized carbons (Fsp3) is 0.750. The summed E-state index contributed by atoms with van der Waals surface area (Å²) >= 11 is 0. The van der Waals surface area contributed by atoms with Crippen LogP contribution in [0.3, 0.4) is 0 Å². The van der Waals surface area contributed by atoms with Crippen molar-refractivity contribution >= 4 is 18.0 Å². The fourth-order valence-electron chi connectivity index (χ4n) is 2.05. The van der Waals surface area contributed by atoms with Crippen molar-refractivity contribution in [3.8, 4) is 0 Å². The Morgan fingerprint density at radius 1 is 1.10 bits per heavy atom. The number of carboxylic acid groups (broad SMARTS) is 2. The molecule has 0 bridgehead atoms. The summed E-state index contributed by atoms with van der Waals surface area (Å²) in [6.45, 7) is 7.20. The third kappa shape index (κ3) is 4.37. The number of hydrogen-bond donors (Lipinski definition) is 3. The average molecular weight is 288 g/mol. The minimum absolute atomic E-state index is 0.197. The van der Waals surface area contributed by atoms with E-state index in [1.807, 2.05) is 20.8 Å². The lowest BCUT2D eigenvalue weighted by molar-refractivity contribution is -0.159. The second kappa shape index (κ2) is 5.66. The molecule has 1 aliphatic heterocycles. The van der Waals surface area contributed by atoms with Crippen molar-refractivity contribution < 1.29 is 29.3 Å². The number of fused-ring (bicyclic) bond motifs is 1. The molecule has 0 aromatic carbocycles. The molecule has 20 heavy (non-hydrogen) atoms. The van der Waals surface area contributed by atoms with Crippen molar-refractivity contribution in [3.05, 3.63) is 0 Å². The Labute approximate surface area is 116 Å². The highest BCUT2D eigenvalue weighted by Crippen LogP contribution is 2.43. The van der Waals surface area contributed by atoms with Crippen molar-refractivity contribution in [2.24, 2.45) is 17.6 Å². The molecular weight excluding hydrogens is 268 g/mol. The van der Waals surface area contributed by atoms with Gasteiger partial charge in [-0.25, -0.2) is 14.4 Å². The van der Waals surface area contributed by atoms with Crippen molar-refractivity contribution in [3.63, 3.8) is 0 Å². The number of piperidine rings is 1. The van der Waals surface area contributed by atoms with Gasteiger partial charge in [0.15, 0.2) is 0 Å². The number of rotatable bonds is 0. The van der Waals surface area contributed by atoms with E-state index in [9.17, 15) is 4.79 Å². The van der Waals surface area contributed by atoms with Crippen LogP contribution >= 0.6 is 0 Å². The van der Waals surface area contributed by atoms with Gasteiger partial charge in [0, 0.05) is 19.1 Å². The number of nitrogens with two attached hydrogens (primary N) is 1. The summed E-state index contributed by atoms with van der Waals surface area (Å²) in [6, 6.07) is 0.327. The number of aliphatic carboxylic acids is 2. The highest BCUT2D eigenvalue weighted by atomic mass is 16.6. The molecule has 3 atom stereocenters. The Hall–Kier alpha value is -1.83. The van der Waals surface area contributed by atoms with E-state index in [4.69, 9.17) is 30.3 Å². The highest BCUT2D eigenvalue weighted by Gasteiger charge is 2.55. The lowest BCUT2D eigenvalue weighted by atomic mass is 10.2. The lowest BCUT2D eigenvalue weighted by Crippen LogP contribution is -2.38. The molecule has 0 aromatic heterocycles. The zero-order valence-corrected chi connectivity index (χ0v) is 11.7. The molecule has 1 saturated heterocycles. The average Bonchev–Trinajstić information content (AvgIpc) is 2.74. The van der Waals surface area contributed by atoms with Crippen LogP contribution in [0, 0.1) is 11.8 Å². The molecule has 1 heterocycles. The van der Waals surface area contributed by atoms with E-state index in [0.29, 0.717) is 17.9 Å². The van der Waals surface area contributed by atoms with E-state index in [2.05, 4.69) is 0 Å². The van der Waals surface area contributed by atoms with Crippen molar-refractivity contribution in [2.75, 3.05) is 13.1 Å². The van der Waals surface area contributed by atoms with E-state index >= 15 is 0 Å². The Kier molecular flexibility index (Phi) is 4.59. The molecule has 2 rings (SSSR count). The number of hydrogen-bond acceptors (Lipinski definition) is 5. The summed E-state index contributed by atoms with van der Waals surface area (Å²) in [5, 5.41) is 14.8. The smallest absolute Gasteiger partial charge is 0.414 e. The van der Waals surface area contributed by atoms with Crippen LogP contribution in [0.25, 0.3) is 0 Å². The van der Waals surface area contributed by atoms with Gasteiger partial charge >= 0.3 is 18.0 Å². The van der Waals surface area contributed by atoms with Gasteiger partial charge in [-0.2, -0.15) is 0 Å². The SMILES string of the molecule is CC(C)(C)OC(=O)N1C[C@@H]2C(N)[C@@H]2C1.O=C(O)C(=O)O. The first-order valence-corrected chi connectivity index (χ1v) is 6.22. The number of carboxylic acids is 2. The first kappa shape index (κ1) is 16.2. The van der Waals surface area contributed by atoms with Gasteiger partial charge in [-0.1, -0.05) is 0 Å². The number of amides is 1. The standard InChI is InChI=1S/C10H18N2O2.C2H2O4/c1-10(2,3)14-9(13)12-4-6-7(5-12)8(6)11;3-1(4)2(5)6/h6-8H,4-5,11H2,1-3H3;(H,3,4)(H,5,6)/t6-,7+,8?;. The van der Waals surface area contributed by atoms with Crippen LogP contribution in [-0.4, -0.2) is 57.9 Å². The van der Waals surface area contributed by atoms with E-state index in [1.54, 1.807) is 4.90 Å². The van der Waals surface area contributed by atoms with Crippen LogP contribution in [0.1, 0.15) is 20.8 Å². The first-order chi connectivity index (χ1) is 9.03. The normalized spacial score (nSPS) is 27.0. The second-order valence-corrected chi connectivity index (χ2v) is 5.90. The largest absolute Gasteiger partial charge is 0.473 e. The van der Waals surface area contributed by atoms with Crippen molar-refractivity contribution in [1.82, 2.24) is 4.90 Å². The van der Waals surface area contributed by atoms with E-state index in [1.165, 1.54) is 0 Å². The van der Waals surface area contributed by atoms with Crippen LogP contribution in [0.5, 0.6) is 0 Å². The fourth-order valence-corrected chi connectivity index (χ4v) is 2.05. The van der Waals surface area contributed by atoms with Crippen molar-refractivity contribution in [1.29, 1.82) is 0 Å². The summed E-state index contributed by atoms with van der Waals surface area (Å²) in [5.41, 5.74) is 5.39. The number of carbonyl (C=O) groups excluding carboxylic acids is 1. The maximum absolute atomic E-state index is 11.6. The van der Waals surface area contributed by atoms with Crippen LogP contribution < -0.4 is 5.73 Å². The summed E-state index contributed by atoms with van der Waals surface area (Å²) < 4.78 is 5.27. The van der Waals surface area contributed by atoms with E-state index in [0.717, 1.165) is 13.1 Å². The monoisotopic (exact) mass is 288 g/mol. The Morgan fingerprint density at radius 2 is 1.50 bits per heavy atom. The molecule has 2 fully saturated rings. The molecule has 0 aromatic rings. The lowest BCUT2D eigenvalue weighted by Gasteiger charge is -2.25. The van der Waals surface area contributed by atoms with Gasteiger partial charge in [0.2, 0.25) is 0 Å². The minimum Gasteiger partial charge on any atom is -0.473 e. The quantitative estimate of drug-likeness (QED) is 0.533. The van der Waals surface area contributed by atoms with E-state index in [-0.39, 0.29) is 6.09 Å². The second-order valence-electron chi connectivity index (χ2n) is 5.90. The number of carbonyl (C=O) groups is 3. The summed E-state index contributed by atoms with van der Waals surface area (Å²) in [4.78, 5) is 31.6. The molecule has 4 N–H and O–H groups in total. The van der Waals surface area contributed by atoms with Crippen LogP contribution in [0.2, 0.25) is 0 Å². The van der Waals surface area contributed by atoms with Crippen LogP contribution in [0.4, 0.5) is 4.79 Å². The molecule has 114 valence electrons. The summed E-state index contributed by atoms with van der Waals surface area (Å²) in [6.07, 6.45) is -0.197. The van der Waals surface area contributed by atoms with Gasteiger partial charge in [-0.15, -0.1) is 0 Å². The zero-order chi connectivity index (χ0) is 15.7. The van der Waals surface area contributed by atoms with Crippen LogP contribution in [-0.2, 0) is 14.3 Å². The Morgan fingerprint density at radius 3 is 1.80 bits per heavy atom.